The number of anilines is 1. The molecule has 4 N–H and O–H groups in total. The molecule has 0 saturated heterocycles. The maximum Gasteiger partial charge on any atom is 0.255 e. The minimum absolute atomic E-state index is 0.0287. The van der Waals surface area contributed by atoms with Gasteiger partial charge in [-0.3, -0.25) is 4.79 Å². The first-order valence-electron chi connectivity index (χ1n) is 8.83. The van der Waals surface area contributed by atoms with Crippen LogP contribution in [0.15, 0.2) is 12.3 Å². The number of aliphatic hydroxyl groups excluding tert-OH is 2. The number of nitrogens with zero attached hydrogens (tertiary/aromatic N) is 3. The first-order valence-corrected chi connectivity index (χ1v) is 9.64. The lowest BCUT2D eigenvalue weighted by Crippen LogP contribution is -2.48. The van der Waals surface area contributed by atoms with Crippen molar-refractivity contribution in [2.45, 2.75) is 45.6 Å². The van der Waals surface area contributed by atoms with Crippen LogP contribution >= 0.6 is 11.3 Å². The minimum atomic E-state index is -1.57. The summed E-state index contributed by atoms with van der Waals surface area (Å²) in [5.74, 6) is 0.229. The van der Waals surface area contributed by atoms with E-state index in [1.807, 2.05) is 19.9 Å². The average Bonchev–Trinajstić information content (AvgIpc) is 3.07. The van der Waals surface area contributed by atoms with E-state index in [9.17, 15) is 20.1 Å². The Morgan fingerprint density at radius 2 is 2.11 bits per heavy atom. The minimum Gasteiger partial charge on any atom is -0.394 e. The number of fused-ring (bicyclic) bond motifs is 1. The standard InChI is InChI=1S/C18H24N4O4S/c1-9-7-19-18(20-10(2)8-23)21-15(9)14-6-12-13(27-14)4-5-22(16(12)24)11(3)17(25)26/h6-7,10-11,17,23,25-26H,4-5,8H2,1-3H3,(H,19,20,21)/t10-,11?/m0/s1. The van der Waals surface area contributed by atoms with E-state index in [1.54, 1.807) is 13.1 Å². The lowest BCUT2D eigenvalue weighted by Gasteiger charge is -2.33. The number of aromatic nitrogens is 2. The Morgan fingerprint density at radius 3 is 2.78 bits per heavy atom. The largest absolute Gasteiger partial charge is 0.394 e. The van der Waals surface area contributed by atoms with Crippen LogP contribution in [0.2, 0.25) is 0 Å². The zero-order valence-corrected chi connectivity index (χ0v) is 16.3. The van der Waals surface area contributed by atoms with Gasteiger partial charge in [0.1, 0.15) is 0 Å². The third-order valence-electron chi connectivity index (χ3n) is 4.66. The average molecular weight is 392 g/mol. The molecule has 0 aromatic carbocycles. The molecule has 0 fully saturated rings. The Hall–Kier alpha value is -2.07. The van der Waals surface area contributed by atoms with Gasteiger partial charge in [-0.15, -0.1) is 11.3 Å². The van der Waals surface area contributed by atoms with Crippen LogP contribution in [-0.2, 0) is 6.42 Å². The van der Waals surface area contributed by atoms with E-state index < -0.39 is 12.3 Å². The zero-order chi connectivity index (χ0) is 19.7. The Balaban J connectivity index is 1.92. The molecule has 8 nitrogen and oxygen atoms in total. The van der Waals surface area contributed by atoms with Crippen LogP contribution in [0.25, 0.3) is 10.6 Å². The molecule has 1 unspecified atom stereocenters. The molecule has 0 radical (unpaired) electrons. The molecular weight excluding hydrogens is 368 g/mol. The highest BCUT2D eigenvalue weighted by Gasteiger charge is 2.32. The predicted octanol–water partition coefficient (Wildman–Crippen LogP) is 1.00. The Bertz CT molecular complexity index is 839. The number of aryl methyl sites for hydroxylation is 1. The van der Waals surface area contributed by atoms with Crippen LogP contribution in [0.5, 0.6) is 0 Å². The van der Waals surface area contributed by atoms with Gasteiger partial charge in [-0.1, -0.05) is 0 Å². The van der Waals surface area contributed by atoms with Gasteiger partial charge in [0, 0.05) is 30.1 Å². The highest BCUT2D eigenvalue weighted by molar-refractivity contribution is 7.15. The van der Waals surface area contributed by atoms with Gasteiger partial charge < -0.3 is 25.5 Å². The van der Waals surface area contributed by atoms with Crippen molar-refractivity contribution in [1.82, 2.24) is 14.9 Å². The third kappa shape index (κ3) is 3.96. The maximum atomic E-state index is 12.8. The number of hydrogen-bond donors (Lipinski definition) is 4. The second-order valence-corrected chi connectivity index (χ2v) is 7.94. The van der Waals surface area contributed by atoms with Crippen molar-refractivity contribution in [2.75, 3.05) is 18.5 Å². The first-order chi connectivity index (χ1) is 12.8. The summed E-state index contributed by atoms with van der Waals surface area (Å²) in [6.45, 7) is 5.78. The molecule has 3 rings (SSSR count). The number of rotatable bonds is 6. The summed E-state index contributed by atoms with van der Waals surface area (Å²) in [6.07, 6.45) is 0.811. The monoisotopic (exact) mass is 392 g/mol. The van der Waals surface area contributed by atoms with Crippen LogP contribution in [0, 0.1) is 6.92 Å². The van der Waals surface area contributed by atoms with Crippen molar-refractivity contribution >= 4 is 23.2 Å². The number of thiophene rings is 1. The molecule has 1 aliphatic heterocycles. The van der Waals surface area contributed by atoms with Gasteiger partial charge >= 0.3 is 0 Å². The fourth-order valence-corrected chi connectivity index (χ4v) is 4.16. The summed E-state index contributed by atoms with van der Waals surface area (Å²) in [7, 11) is 0. The van der Waals surface area contributed by atoms with Gasteiger partial charge in [-0.25, -0.2) is 9.97 Å². The summed E-state index contributed by atoms with van der Waals surface area (Å²) >= 11 is 1.52. The highest BCUT2D eigenvalue weighted by atomic mass is 32.1. The van der Waals surface area contributed by atoms with Crippen molar-refractivity contribution in [1.29, 1.82) is 0 Å². The molecule has 0 bridgehead atoms. The molecule has 0 aliphatic carbocycles. The van der Waals surface area contributed by atoms with Crippen LogP contribution in [-0.4, -0.2) is 67.6 Å². The van der Waals surface area contributed by atoms with Crippen LogP contribution in [0.3, 0.4) is 0 Å². The summed E-state index contributed by atoms with van der Waals surface area (Å²) in [5, 5.41) is 31.0. The van der Waals surface area contributed by atoms with Crippen LogP contribution < -0.4 is 5.32 Å². The van der Waals surface area contributed by atoms with Gasteiger partial charge in [0.2, 0.25) is 5.95 Å². The van der Waals surface area contributed by atoms with E-state index >= 15 is 0 Å². The van der Waals surface area contributed by atoms with Gasteiger partial charge in [0.05, 0.1) is 28.8 Å². The molecule has 0 spiro atoms. The van der Waals surface area contributed by atoms with E-state index in [1.165, 1.54) is 16.2 Å². The van der Waals surface area contributed by atoms with Crippen LogP contribution in [0.1, 0.15) is 34.6 Å². The van der Waals surface area contributed by atoms with Gasteiger partial charge in [-0.05, 0) is 32.4 Å². The smallest absolute Gasteiger partial charge is 0.255 e. The molecular formula is C18H24N4O4S. The molecule has 3 heterocycles. The normalized spacial score (nSPS) is 16.4. The summed E-state index contributed by atoms with van der Waals surface area (Å²) in [5.41, 5.74) is 2.22. The number of amides is 1. The van der Waals surface area contributed by atoms with E-state index in [0.717, 1.165) is 21.0 Å². The Morgan fingerprint density at radius 1 is 1.37 bits per heavy atom. The van der Waals surface area contributed by atoms with Crippen molar-refractivity contribution in [3.8, 4) is 10.6 Å². The Labute approximate surface area is 161 Å². The molecule has 2 aromatic rings. The topological polar surface area (TPSA) is 119 Å². The fourth-order valence-electron chi connectivity index (χ4n) is 2.97. The van der Waals surface area contributed by atoms with Crippen molar-refractivity contribution in [2.24, 2.45) is 0 Å². The molecule has 27 heavy (non-hydrogen) atoms. The molecule has 0 saturated carbocycles. The summed E-state index contributed by atoms with van der Waals surface area (Å²) < 4.78 is 0. The van der Waals surface area contributed by atoms with Gasteiger partial charge in [-0.2, -0.15) is 0 Å². The molecule has 2 atom stereocenters. The number of nitrogens with one attached hydrogen (secondary N) is 1. The van der Waals surface area contributed by atoms with E-state index in [2.05, 4.69) is 15.3 Å². The second kappa shape index (κ2) is 7.89. The molecule has 2 aromatic heterocycles. The van der Waals surface area contributed by atoms with E-state index in [0.29, 0.717) is 24.5 Å². The number of carbonyl (C=O) groups excluding carboxylic acids is 1. The zero-order valence-electron chi connectivity index (χ0n) is 15.5. The molecule has 146 valence electrons. The SMILES string of the molecule is Cc1cnc(N[C@@H](C)CO)nc1-c1cc2c(s1)CCN(C(C)C(O)O)C2=O. The molecule has 1 aliphatic rings. The maximum absolute atomic E-state index is 12.8. The van der Waals surface area contributed by atoms with Crippen molar-refractivity contribution in [3.63, 3.8) is 0 Å². The summed E-state index contributed by atoms with van der Waals surface area (Å²) in [6, 6.07) is 0.990. The first kappa shape index (κ1) is 19.7. The van der Waals surface area contributed by atoms with Gasteiger partial charge in [0.25, 0.3) is 5.91 Å². The highest BCUT2D eigenvalue weighted by Crippen LogP contribution is 2.36. The van der Waals surface area contributed by atoms with Gasteiger partial charge in [0.15, 0.2) is 6.29 Å². The van der Waals surface area contributed by atoms with Crippen molar-refractivity contribution < 1.29 is 20.1 Å². The predicted molar refractivity (Wildman–Crippen MR) is 103 cm³/mol. The van der Waals surface area contributed by atoms with Crippen molar-refractivity contribution in [3.05, 3.63) is 28.3 Å². The number of carbonyl (C=O) groups is 1. The second-order valence-electron chi connectivity index (χ2n) is 6.80. The van der Waals surface area contributed by atoms with Crippen LogP contribution in [0.4, 0.5) is 5.95 Å². The molecule has 1 amide bonds. The summed E-state index contributed by atoms with van der Waals surface area (Å²) in [4.78, 5) is 24.9. The number of hydrogen-bond acceptors (Lipinski definition) is 8. The fraction of sp³-hybridized carbons (Fsp3) is 0.500. The lowest BCUT2D eigenvalue weighted by molar-refractivity contribution is -0.0879. The Kier molecular flexibility index (Phi) is 5.75. The third-order valence-corrected chi connectivity index (χ3v) is 5.86. The number of aliphatic hydroxyl groups is 3. The quantitative estimate of drug-likeness (QED) is 0.542. The lowest BCUT2D eigenvalue weighted by atomic mass is 10.1. The van der Waals surface area contributed by atoms with E-state index in [-0.39, 0.29) is 18.6 Å². The molecule has 9 heteroatoms. The van der Waals surface area contributed by atoms with E-state index in [4.69, 9.17) is 0 Å².